The lowest BCUT2D eigenvalue weighted by atomic mass is 9.92. The van der Waals surface area contributed by atoms with Crippen LogP contribution in [-0.4, -0.2) is 35.5 Å². The maximum Gasteiger partial charge on any atom is 0.367 e. The maximum atomic E-state index is 12.4. The quantitative estimate of drug-likeness (QED) is 0.682. The molecule has 2 heterocycles. The third-order valence-electron chi connectivity index (χ3n) is 4.07. The fourth-order valence-corrected chi connectivity index (χ4v) is 3.57. The highest BCUT2D eigenvalue weighted by atomic mass is 32.1. The number of aromatic nitrogens is 1. The lowest BCUT2D eigenvalue weighted by Crippen LogP contribution is -2.51. The lowest BCUT2D eigenvalue weighted by Gasteiger charge is -2.33. The highest BCUT2D eigenvalue weighted by molar-refractivity contribution is 7.17. The molecule has 0 radical (unpaired) electrons. The van der Waals surface area contributed by atoms with Gasteiger partial charge in [-0.15, -0.1) is 0 Å². The number of nitrogens with one attached hydrogen (secondary N) is 3. The topological polar surface area (TPSA) is 109 Å². The molecule has 0 aliphatic carbocycles. The van der Waals surface area contributed by atoms with Crippen LogP contribution in [0.2, 0.25) is 0 Å². The molecule has 3 N–H and O–H groups in total. The van der Waals surface area contributed by atoms with Gasteiger partial charge >= 0.3 is 12.0 Å². The minimum atomic E-state index is -0.518. The number of nitrogens with zero attached hydrogens (tertiary/aromatic N) is 1. The predicted octanol–water partition coefficient (Wildman–Crippen LogP) is 2.46. The van der Waals surface area contributed by atoms with Crippen molar-refractivity contribution in [3.63, 3.8) is 0 Å². The van der Waals surface area contributed by atoms with E-state index in [4.69, 9.17) is 4.74 Å². The van der Waals surface area contributed by atoms with Crippen molar-refractivity contribution in [3.05, 3.63) is 47.1 Å². The zero-order chi connectivity index (χ0) is 19.2. The van der Waals surface area contributed by atoms with Crippen LogP contribution in [0.3, 0.4) is 0 Å². The van der Waals surface area contributed by atoms with E-state index in [0.29, 0.717) is 17.8 Å². The number of urea groups is 1. The number of hydrogen-bond acceptors (Lipinski definition) is 6. The summed E-state index contributed by atoms with van der Waals surface area (Å²) in [4.78, 5) is 39.8. The highest BCUT2D eigenvalue weighted by Gasteiger charge is 2.31. The molecular formula is C18H20N4O4S. The van der Waals surface area contributed by atoms with Crippen molar-refractivity contribution in [2.45, 2.75) is 31.8 Å². The molecule has 3 rings (SSSR count). The van der Waals surface area contributed by atoms with Crippen molar-refractivity contribution in [2.75, 3.05) is 11.9 Å². The lowest BCUT2D eigenvalue weighted by molar-refractivity contribution is -0.123. The summed E-state index contributed by atoms with van der Waals surface area (Å²) < 4.78 is 4.88. The number of benzene rings is 1. The molecule has 1 fully saturated rings. The third-order valence-corrected chi connectivity index (χ3v) is 4.96. The Labute approximate surface area is 160 Å². The Balaban J connectivity index is 1.64. The Bertz CT molecular complexity index is 824. The summed E-state index contributed by atoms with van der Waals surface area (Å²) in [5, 5.41) is 9.12. The molecule has 3 amide bonds. The van der Waals surface area contributed by atoms with E-state index in [0.717, 1.165) is 16.9 Å². The van der Waals surface area contributed by atoms with Gasteiger partial charge in [0, 0.05) is 6.42 Å². The smallest absolute Gasteiger partial charge is 0.367 e. The molecule has 0 bridgehead atoms. The fraction of sp³-hybridized carbons (Fsp3) is 0.333. The van der Waals surface area contributed by atoms with Crippen molar-refractivity contribution in [2.24, 2.45) is 0 Å². The second-order valence-corrected chi connectivity index (χ2v) is 6.98. The van der Waals surface area contributed by atoms with Gasteiger partial charge in [-0.2, -0.15) is 0 Å². The highest BCUT2D eigenvalue weighted by Crippen LogP contribution is 2.25. The molecule has 0 saturated carbocycles. The SMILES string of the molecule is CCOC(=O)c1ncc(NC(=O)N[C@@H]2CCC(=O)N[C@@H]2c2ccccc2)s1. The molecule has 1 aliphatic heterocycles. The van der Waals surface area contributed by atoms with Crippen LogP contribution >= 0.6 is 11.3 Å². The van der Waals surface area contributed by atoms with Gasteiger partial charge in [-0.05, 0) is 18.9 Å². The molecule has 2 aromatic rings. The average Bonchev–Trinajstić information content (AvgIpc) is 3.12. The number of carbonyl (C=O) groups excluding carboxylic acids is 3. The summed E-state index contributed by atoms with van der Waals surface area (Å²) in [6.07, 6.45) is 2.30. The normalized spacial score (nSPS) is 19.1. The van der Waals surface area contributed by atoms with E-state index in [1.807, 2.05) is 30.3 Å². The molecule has 27 heavy (non-hydrogen) atoms. The number of carbonyl (C=O) groups is 3. The second-order valence-electron chi connectivity index (χ2n) is 5.95. The average molecular weight is 388 g/mol. The molecule has 1 saturated heterocycles. The Morgan fingerprint density at radius 2 is 2.11 bits per heavy atom. The Morgan fingerprint density at radius 1 is 1.33 bits per heavy atom. The third kappa shape index (κ3) is 4.82. The summed E-state index contributed by atoms with van der Waals surface area (Å²) in [5.41, 5.74) is 0.929. The van der Waals surface area contributed by atoms with Crippen LogP contribution in [0.5, 0.6) is 0 Å². The first kappa shape index (κ1) is 18.8. The van der Waals surface area contributed by atoms with E-state index in [1.165, 1.54) is 6.20 Å². The molecule has 142 valence electrons. The summed E-state index contributed by atoms with van der Waals surface area (Å²) >= 11 is 1.04. The number of anilines is 1. The zero-order valence-corrected chi connectivity index (χ0v) is 15.5. The molecule has 0 unspecified atom stereocenters. The standard InChI is InChI=1S/C18H20N4O4S/c1-2-26-17(24)16-19-10-14(27-16)22-18(25)20-12-8-9-13(23)21-15(12)11-6-4-3-5-7-11/h3-7,10,12,15H,2,8-9H2,1H3,(H,21,23)(H2,20,22,25)/t12-,15-/m1/s1. The number of ether oxygens (including phenoxy) is 1. The molecule has 9 heteroatoms. The minimum Gasteiger partial charge on any atom is -0.461 e. The zero-order valence-electron chi connectivity index (χ0n) is 14.7. The predicted molar refractivity (Wildman–Crippen MR) is 101 cm³/mol. The van der Waals surface area contributed by atoms with Crippen LogP contribution in [0, 0.1) is 0 Å². The number of amides is 3. The van der Waals surface area contributed by atoms with Gasteiger partial charge in [0.1, 0.15) is 5.00 Å². The van der Waals surface area contributed by atoms with Crippen LogP contribution in [0.4, 0.5) is 9.80 Å². The summed E-state index contributed by atoms with van der Waals surface area (Å²) in [6.45, 7) is 1.97. The van der Waals surface area contributed by atoms with Crippen LogP contribution in [-0.2, 0) is 9.53 Å². The number of thiazole rings is 1. The Kier molecular flexibility index (Phi) is 6.02. The summed E-state index contributed by atoms with van der Waals surface area (Å²) in [7, 11) is 0. The van der Waals surface area contributed by atoms with Gasteiger partial charge in [-0.3, -0.25) is 10.1 Å². The monoisotopic (exact) mass is 388 g/mol. The van der Waals surface area contributed by atoms with Crippen molar-refractivity contribution >= 4 is 34.2 Å². The summed E-state index contributed by atoms with van der Waals surface area (Å²) in [6, 6.07) is 8.54. The number of esters is 1. The van der Waals surface area contributed by atoms with Gasteiger partial charge < -0.3 is 15.4 Å². The van der Waals surface area contributed by atoms with E-state index in [9.17, 15) is 14.4 Å². The van der Waals surface area contributed by atoms with Crippen LogP contribution in [0.1, 0.15) is 41.2 Å². The van der Waals surface area contributed by atoms with Crippen LogP contribution in [0.25, 0.3) is 0 Å². The van der Waals surface area contributed by atoms with Gasteiger partial charge in [0.15, 0.2) is 0 Å². The van der Waals surface area contributed by atoms with Gasteiger partial charge in [-0.1, -0.05) is 41.7 Å². The number of piperidine rings is 1. The van der Waals surface area contributed by atoms with Crippen molar-refractivity contribution in [1.29, 1.82) is 0 Å². The first-order valence-corrected chi connectivity index (χ1v) is 9.43. The number of hydrogen-bond donors (Lipinski definition) is 3. The van der Waals surface area contributed by atoms with Gasteiger partial charge in [-0.25, -0.2) is 14.6 Å². The largest absolute Gasteiger partial charge is 0.461 e. The molecular weight excluding hydrogens is 368 g/mol. The van der Waals surface area contributed by atoms with E-state index >= 15 is 0 Å². The van der Waals surface area contributed by atoms with Gasteiger partial charge in [0.25, 0.3) is 0 Å². The first-order valence-electron chi connectivity index (χ1n) is 8.61. The molecule has 1 aromatic heterocycles. The second kappa shape index (κ2) is 8.63. The molecule has 2 atom stereocenters. The van der Waals surface area contributed by atoms with Crippen molar-refractivity contribution in [1.82, 2.24) is 15.6 Å². The molecule has 1 aliphatic rings. The molecule has 1 aromatic carbocycles. The van der Waals surface area contributed by atoms with Gasteiger partial charge in [0.2, 0.25) is 10.9 Å². The van der Waals surface area contributed by atoms with E-state index in [2.05, 4.69) is 20.9 Å². The fourth-order valence-electron chi connectivity index (χ4n) is 2.87. The van der Waals surface area contributed by atoms with E-state index < -0.39 is 12.0 Å². The van der Waals surface area contributed by atoms with Crippen molar-refractivity contribution in [3.8, 4) is 0 Å². The number of rotatable bonds is 5. The van der Waals surface area contributed by atoms with Gasteiger partial charge in [0.05, 0.1) is 24.9 Å². The first-order chi connectivity index (χ1) is 13.1. The summed E-state index contributed by atoms with van der Waals surface area (Å²) in [5.74, 6) is -0.557. The molecule has 8 nitrogen and oxygen atoms in total. The van der Waals surface area contributed by atoms with Crippen LogP contribution in [0.15, 0.2) is 36.5 Å². The minimum absolute atomic E-state index is 0.0381. The molecule has 0 spiro atoms. The van der Waals surface area contributed by atoms with E-state index in [-0.39, 0.29) is 29.6 Å². The Morgan fingerprint density at radius 3 is 2.85 bits per heavy atom. The van der Waals surface area contributed by atoms with Crippen molar-refractivity contribution < 1.29 is 19.1 Å². The van der Waals surface area contributed by atoms with E-state index in [1.54, 1.807) is 6.92 Å². The maximum absolute atomic E-state index is 12.4. The Hall–Kier alpha value is -2.94. The van der Waals surface area contributed by atoms with Crippen LogP contribution < -0.4 is 16.0 Å².